The van der Waals surface area contributed by atoms with Crippen LogP contribution in [0.15, 0.2) is 48.5 Å². The van der Waals surface area contributed by atoms with Crippen molar-refractivity contribution in [3.05, 3.63) is 59.1 Å². The molecule has 2 amide bonds. The lowest BCUT2D eigenvalue weighted by molar-refractivity contribution is -0.124. The Bertz CT molecular complexity index is 826. The lowest BCUT2D eigenvalue weighted by atomic mass is 9.64. The number of amides is 2. The minimum absolute atomic E-state index is 0.0241. The van der Waals surface area contributed by atoms with Crippen molar-refractivity contribution in [3.8, 4) is 0 Å². The number of nitrogens with zero attached hydrogens (tertiary/aromatic N) is 1. The van der Waals surface area contributed by atoms with Gasteiger partial charge in [-0.05, 0) is 61.2 Å². The molecule has 4 nitrogen and oxygen atoms in total. The van der Waals surface area contributed by atoms with E-state index in [9.17, 15) is 9.59 Å². The average Bonchev–Trinajstić information content (AvgIpc) is 3.02. The molecule has 0 radical (unpaired) electrons. The first-order chi connectivity index (χ1) is 12.6. The van der Waals surface area contributed by atoms with Gasteiger partial charge in [0.2, 0.25) is 11.8 Å². The van der Waals surface area contributed by atoms with Gasteiger partial charge in [0.25, 0.3) is 0 Å². The number of hydrogen-bond donors (Lipinski definition) is 1. The number of hydrogen-bond acceptors (Lipinski definition) is 2. The molecule has 2 aromatic carbocycles. The van der Waals surface area contributed by atoms with Crippen molar-refractivity contribution in [2.45, 2.75) is 37.5 Å². The molecule has 2 fully saturated rings. The third kappa shape index (κ3) is 2.99. The number of benzene rings is 2. The molecule has 1 heterocycles. The quantitative estimate of drug-likeness (QED) is 0.862. The van der Waals surface area contributed by atoms with Crippen molar-refractivity contribution in [2.24, 2.45) is 0 Å². The number of rotatable bonds is 4. The monoisotopic (exact) mass is 368 g/mol. The summed E-state index contributed by atoms with van der Waals surface area (Å²) in [7, 11) is 0. The number of anilines is 2. The van der Waals surface area contributed by atoms with Gasteiger partial charge in [-0.1, -0.05) is 30.2 Å². The summed E-state index contributed by atoms with van der Waals surface area (Å²) in [6, 6.07) is 15.1. The van der Waals surface area contributed by atoms with Crippen LogP contribution < -0.4 is 10.2 Å². The van der Waals surface area contributed by atoms with E-state index in [4.69, 9.17) is 11.6 Å². The van der Waals surface area contributed by atoms with E-state index in [2.05, 4.69) is 5.32 Å². The van der Waals surface area contributed by atoms with Gasteiger partial charge in [0.1, 0.15) is 0 Å². The van der Waals surface area contributed by atoms with E-state index < -0.39 is 5.41 Å². The van der Waals surface area contributed by atoms with Crippen molar-refractivity contribution >= 4 is 34.8 Å². The van der Waals surface area contributed by atoms with Crippen molar-refractivity contribution in [1.29, 1.82) is 0 Å². The zero-order chi connectivity index (χ0) is 18.1. The fraction of sp³-hybridized carbons (Fsp3) is 0.333. The first-order valence-corrected chi connectivity index (χ1v) is 9.44. The first kappa shape index (κ1) is 17.1. The number of nitrogens with one attached hydrogen (secondary N) is 1. The smallest absolute Gasteiger partial charge is 0.235 e. The maximum atomic E-state index is 13.0. The molecule has 2 aliphatic rings. The van der Waals surface area contributed by atoms with Crippen molar-refractivity contribution in [3.63, 3.8) is 0 Å². The van der Waals surface area contributed by atoms with Crippen LogP contribution in [0.4, 0.5) is 11.4 Å². The molecule has 2 aromatic rings. The molecule has 1 aliphatic carbocycles. The number of carbonyl (C=O) groups excluding carboxylic acids is 2. The summed E-state index contributed by atoms with van der Waals surface area (Å²) in [5.41, 5.74) is 2.20. The van der Waals surface area contributed by atoms with Gasteiger partial charge in [-0.15, -0.1) is 0 Å². The summed E-state index contributed by atoms with van der Waals surface area (Å²) >= 11 is 5.98. The van der Waals surface area contributed by atoms with Crippen molar-refractivity contribution < 1.29 is 9.59 Å². The zero-order valence-corrected chi connectivity index (χ0v) is 15.3. The molecule has 0 bridgehead atoms. The van der Waals surface area contributed by atoms with Crippen molar-refractivity contribution in [1.82, 2.24) is 0 Å². The minimum Gasteiger partial charge on any atom is -0.325 e. The van der Waals surface area contributed by atoms with Gasteiger partial charge in [-0.3, -0.25) is 9.59 Å². The first-order valence-electron chi connectivity index (χ1n) is 9.06. The Morgan fingerprint density at radius 2 is 1.69 bits per heavy atom. The van der Waals surface area contributed by atoms with E-state index in [1.165, 1.54) is 0 Å². The van der Waals surface area contributed by atoms with Crippen molar-refractivity contribution in [2.75, 3.05) is 16.8 Å². The normalized spacial score (nSPS) is 18.5. The number of halogens is 1. The predicted molar refractivity (Wildman–Crippen MR) is 104 cm³/mol. The number of carbonyl (C=O) groups is 2. The summed E-state index contributed by atoms with van der Waals surface area (Å²) in [5.74, 6) is 0.189. The Morgan fingerprint density at radius 1 is 1.00 bits per heavy atom. The highest BCUT2D eigenvalue weighted by molar-refractivity contribution is 6.30. The predicted octanol–water partition coefficient (Wildman–Crippen LogP) is 4.53. The van der Waals surface area contributed by atoms with Crippen LogP contribution in [0.5, 0.6) is 0 Å². The van der Waals surface area contributed by atoms with E-state index in [1.54, 1.807) is 4.90 Å². The molecule has 0 unspecified atom stereocenters. The molecule has 4 rings (SSSR count). The topological polar surface area (TPSA) is 49.4 Å². The summed E-state index contributed by atoms with van der Waals surface area (Å²) in [6.45, 7) is 0.768. The highest BCUT2D eigenvalue weighted by Crippen LogP contribution is 2.45. The van der Waals surface area contributed by atoms with E-state index >= 15 is 0 Å². The second-order valence-corrected chi connectivity index (χ2v) is 7.53. The van der Waals surface area contributed by atoms with Crippen LogP contribution >= 0.6 is 11.6 Å². The standard InChI is InChI=1S/C21H21ClN2O2/c22-16-6-4-15(5-7-16)21(12-2-13-21)20(26)23-17-8-10-18(11-9-17)24-14-1-3-19(24)25/h4-11H,1-3,12-14H2,(H,23,26). The summed E-state index contributed by atoms with van der Waals surface area (Å²) in [5, 5.41) is 3.73. The maximum absolute atomic E-state index is 13.0. The Kier molecular flexibility index (Phi) is 4.45. The highest BCUT2D eigenvalue weighted by atomic mass is 35.5. The van der Waals surface area contributed by atoms with E-state index in [-0.39, 0.29) is 11.8 Å². The second-order valence-electron chi connectivity index (χ2n) is 7.09. The van der Waals surface area contributed by atoms with Gasteiger partial charge in [0.05, 0.1) is 5.41 Å². The van der Waals surface area contributed by atoms with Gasteiger partial charge < -0.3 is 10.2 Å². The van der Waals surface area contributed by atoms with Gasteiger partial charge in [-0.2, -0.15) is 0 Å². The molecule has 1 aliphatic heterocycles. The molecule has 1 saturated carbocycles. The Hall–Kier alpha value is -2.33. The Morgan fingerprint density at radius 3 is 2.23 bits per heavy atom. The summed E-state index contributed by atoms with van der Waals surface area (Å²) in [6.07, 6.45) is 4.26. The van der Waals surface area contributed by atoms with Crippen LogP contribution in [0.1, 0.15) is 37.7 Å². The lowest BCUT2D eigenvalue weighted by Crippen LogP contribution is -2.46. The summed E-state index contributed by atoms with van der Waals surface area (Å²) < 4.78 is 0. The van der Waals surface area contributed by atoms with Gasteiger partial charge in [0.15, 0.2) is 0 Å². The largest absolute Gasteiger partial charge is 0.325 e. The molecule has 5 heteroatoms. The second kappa shape index (κ2) is 6.76. The Labute approximate surface area is 158 Å². The van der Waals surface area contributed by atoms with E-state index in [1.807, 2.05) is 48.5 Å². The molecule has 0 aromatic heterocycles. The molecule has 134 valence electrons. The average molecular weight is 369 g/mol. The SMILES string of the molecule is O=C1CCCN1c1ccc(NC(=O)C2(c3ccc(Cl)cc3)CCC2)cc1. The fourth-order valence-corrected chi connectivity index (χ4v) is 3.97. The van der Waals surface area contributed by atoms with Gasteiger partial charge in [-0.25, -0.2) is 0 Å². The lowest BCUT2D eigenvalue weighted by Gasteiger charge is -2.40. The van der Waals surface area contributed by atoms with Crippen LogP contribution in [0.2, 0.25) is 5.02 Å². The minimum atomic E-state index is -0.464. The van der Waals surface area contributed by atoms with E-state index in [0.29, 0.717) is 11.4 Å². The fourth-order valence-electron chi connectivity index (χ4n) is 3.84. The highest BCUT2D eigenvalue weighted by Gasteiger charge is 2.45. The van der Waals surface area contributed by atoms with E-state index in [0.717, 1.165) is 49.2 Å². The zero-order valence-electron chi connectivity index (χ0n) is 14.5. The third-order valence-corrected chi connectivity index (χ3v) is 5.80. The third-order valence-electron chi connectivity index (χ3n) is 5.55. The molecule has 0 spiro atoms. The molecule has 0 atom stereocenters. The molecule has 26 heavy (non-hydrogen) atoms. The maximum Gasteiger partial charge on any atom is 0.235 e. The molecular formula is C21H21ClN2O2. The van der Waals surface area contributed by atoms with Crippen LogP contribution in [0, 0.1) is 0 Å². The van der Waals surface area contributed by atoms with Crippen LogP contribution in [0.3, 0.4) is 0 Å². The van der Waals surface area contributed by atoms with Crippen LogP contribution in [-0.2, 0) is 15.0 Å². The molecule has 1 N–H and O–H groups in total. The molecular weight excluding hydrogens is 348 g/mol. The van der Waals surface area contributed by atoms with Gasteiger partial charge >= 0.3 is 0 Å². The van der Waals surface area contributed by atoms with Crippen LogP contribution in [-0.4, -0.2) is 18.4 Å². The molecule has 1 saturated heterocycles. The summed E-state index contributed by atoms with van der Waals surface area (Å²) in [4.78, 5) is 26.6. The Balaban J connectivity index is 1.50. The van der Waals surface area contributed by atoms with Crippen LogP contribution in [0.25, 0.3) is 0 Å². The van der Waals surface area contributed by atoms with Gasteiger partial charge in [0, 0.05) is 29.4 Å².